The summed E-state index contributed by atoms with van der Waals surface area (Å²) in [6.45, 7) is 4.28. The second-order valence-electron chi connectivity index (χ2n) is 3.89. The van der Waals surface area contributed by atoms with Gasteiger partial charge in [0.2, 0.25) is 5.28 Å². The molecule has 0 fully saturated rings. The van der Waals surface area contributed by atoms with Gasteiger partial charge in [-0.05, 0) is 23.6 Å². The molecule has 0 saturated heterocycles. The fourth-order valence-electron chi connectivity index (χ4n) is 1.26. The summed E-state index contributed by atoms with van der Waals surface area (Å²) in [6, 6.07) is 1.62. The third kappa shape index (κ3) is 4.86. The van der Waals surface area contributed by atoms with Crippen LogP contribution in [0.1, 0.15) is 13.8 Å². The number of anilines is 1. The van der Waals surface area contributed by atoms with Gasteiger partial charge in [0.05, 0.1) is 0 Å². The van der Waals surface area contributed by atoms with Crippen LogP contribution in [0.5, 0.6) is 0 Å². The highest BCUT2D eigenvalue weighted by atomic mass is 35.5. The summed E-state index contributed by atoms with van der Waals surface area (Å²) < 4.78 is 0. The molecule has 0 aliphatic rings. The molecular weight excluding hydrogens is 244 g/mol. The minimum Gasteiger partial charge on any atom is -0.465 e. The number of aromatic nitrogens is 2. The van der Waals surface area contributed by atoms with Gasteiger partial charge >= 0.3 is 6.09 Å². The number of carbonyl (C=O) groups is 1. The van der Waals surface area contributed by atoms with E-state index >= 15 is 0 Å². The lowest BCUT2D eigenvalue weighted by Gasteiger charge is -2.22. The van der Waals surface area contributed by atoms with Gasteiger partial charge in [0, 0.05) is 18.8 Å². The van der Waals surface area contributed by atoms with Crippen molar-refractivity contribution in [1.82, 2.24) is 15.3 Å². The number of hydrogen-bond donors (Lipinski definition) is 3. The van der Waals surface area contributed by atoms with E-state index in [1.165, 1.54) is 0 Å². The number of nitrogens with one attached hydrogen (secondary N) is 2. The molecule has 0 bridgehead atoms. The highest BCUT2D eigenvalue weighted by molar-refractivity contribution is 6.28. The van der Waals surface area contributed by atoms with Crippen molar-refractivity contribution in [1.29, 1.82) is 0 Å². The van der Waals surface area contributed by atoms with Gasteiger partial charge in [0.1, 0.15) is 5.82 Å². The zero-order valence-electron chi connectivity index (χ0n) is 9.64. The van der Waals surface area contributed by atoms with E-state index in [2.05, 4.69) is 20.6 Å². The van der Waals surface area contributed by atoms with Gasteiger partial charge in [0.15, 0.2) is 0 Å². The highest BCUT2D eigenvalue weighted by Crippen LogP contribution is 2.11. The predicted octanol–water partition coefficient (Wildman–Crippen LogP) is 1.83. The molecule has 1 aromatic heterocycles. The summed E-state index contributed by atoms with van der Waals surface area (Å²) in [6.07, 6.45) is 0.498. The second kappa shape index (κ2) is 6.24. The van der Waals surface area contributed by atoms with Gasteiger partial charge in [-0.15, -0.1) is 0 Å². The van der Waals surface area contributed by atoms with Crippen LogP contribution < -0.4 is 10.6 Å². The normalized spacial score (nSPS) is 12.2. The lowest BCUT2D eigenvalue weighted by molar-refractivity contribution is 0.193. The minimum atomic E-state index is -1.04. The lowest BCUT2D eigenvalue weighted by Crippen LogP contribution is -2.39. The van der Waals surface area contributed by atoms with Crippen LogP contribution in [0.2, 0.25) is 5.28 Å². The van der Waals surface area contributed by atoms with Crippen molar-refractivity contribution in [2.45, 2.75) is 19.9 Å². The van der Waals surface area contributed by atoms with E-state index in [1.54, 1.807) is 12.3 Å². The standard InChI is InChI=1S/C10H15ClN4O2/c1-6(2)7(5-13-10(16)17)14-8-3-4-12-9(11)15-8/h3-4,6-7,13H,5H2,1-2H3,(H,16,17)(H,12,14,15)/t7-/m1/s1. The first-order chi connectivity index (χ1) is 7.99. The lowest BCUT2D eigenvalue weighted by atomic mass is 10.0. The van der Waals surface area contributed by atoms with Crippen LogP contribution in [0.3, 0.4) is 0 Å². The quantitative estimate of drug-likeness (QED) is 0.702. The van der Waals surface area contributed by atoms with Crippen LogP contribution in [0.15, 0.2) is 12.3 Å². The van der Waals surface area contributed by atoms with Gasteiger partial charge in [-0.25, -0.2) is 14.8 Å². The maximum atomic E-state index is 10.4. The number of nitrogens with zero attached hydrogens (tertiary/aromatic N) is 2. The number of hydrogen-bond acceptors (Lipinski definition) is 4. The Kier molecular flexibility index (Phi) is 4.96. The van der Waals surface area contributed by atoms with Crippen molar-refractivity contribution in [2.24, 2.45) is 5.92 Å². The summed E-state index contributed by atoms with van der Waals surface area (Å²) in [5.74, 6) is 0.825. The first-order valence-corrected chi connectivity index (χ1v) is 5.58. The van der Waals surface area contributed by atoms with Crippen LogP contribution in [-0.4, -0.2) is 33.8 Å². The third-order valence-corrected chi connectivity index (χ3v) is 2.42. The molecule has 1 atom stereocenters. The molecule has 94 valence electrons. The Morgan fingerprint density at radius 3 is 2.82 bits per heavy atom. The Hall–Kier alpha value is -1.56. The van der Waals surface area contributed by atoms with Gasteiger partial charge < -0.3 is 15.7 Å². The van der Waals surface area contributed by atoms with E-state index < -0.39 is 6.09 Å². The highest BCUT2D eigenvalue weighted by Gasteiger charge is 2.14. The van der Waals surface area contributed by atoms with E-state index in [4.69, 9.17) is 16.7 Å². The topological polar surface area (TPSA) is 87.1 Å². The van der Waals surface area contributed by atoms with Crippen molar-refractivity contribution in [3.05, 3.63) is 17.5 Å². The summed E-state index contributed by atoms with van der Waals surface area (Å²) >= 11 is 5.66. The number of carboxylic acid groups (broad SMARTS) is 1. The van der Waals surface area contributed by atoms with Crippen molar-refractivity contribution >= 4 is 23.5 Å². The largest absolute Gasteiger partial charge is 0.465 e. The molecule has 6 nitrogen and oxygen atoms in total. The molecule has 1 rings (SSSR count). The molecule has 0 radical (unpaired) electrons. The van der Waals surface area contributed by atoms with Crippen LogP contribution in [0.25, 0.3) is 0 Å². The number of amides is 1. The molecule has 0 spiro atoms. The maximum Gasteiger partial charge on any atom is 0.404 e. The van der Waals surface area contributed by atoms with Crippen LogP contribution in [0.4, 0.5) is 10.6 Å². The molecule has 7 heteroatoms. The van der Waals surface area contributed by atoms with Crippen molar-refractivity contribution < 1.29 is 9.90 Å². The molecule has 1 aromatic rings. The summed E-state index contributed by atoms with van der Waals surface area (Å²) in [5, 5.41) is 14.2. The Labute approximate surface area is 104 Å². The molecule has 0 saturated carbocycles. The van der Waals surface area contributed by atoms with E-state index in [0.29, 0.717) is 12.4 Å². The molecular formula is C10H15ClN4O2. The molecule has 0 aliphatic carbocycles. The van der Waals surface area contributed by atoms with E-state index in [9.17, 15) is 4.79 Å². The molecule has 1 heterocycles. The Morgan fingerprint density at radius 2 is 2.29 bits per heavy atom. The zero-order valence-corrected chi connectivity index (χ0v) is 10.4. The zero-order chi connectivity index (χ0) is 12.8. The molecule has 3 N–H and O–H groups in total. The smallest absolute Gasteiger partial charge is 0.404 e. The monoisotopic (exact) mass is 258 g/mol. The van der Waals surface area contributed by atoms with Crippen LogP contribution in [0, 0.1) is 5.92 Å². The predicted molar refractivity (Wildman–Crippen MR) is 65.3 cm³/mol. The van der Waals surface area contributed by atoms with E-state index in [0.717, 1.165) is 0 Å². The summed E-state index contributed by atoms with van der Waals surface area (Å²) in [7, 11) is 0. The average molecular weight is 259 g/mol. The summed E-state index contributed by atoms with van der Waals surface area (Å²) in [4.78, 5) is 18.2. The van der Waals surface area contributed by atoms with Crippen LogP contribution >= 0.6 is 11.6 Å². The average Bonchev–Trinajstić information content (AvgIpc) is 2.23. The van der Waals surface area contributed by atoms with Gasteiger partial charge in [0.25, 0.3) is 0 Å². The maximum absolute atomic E-state index is 10.4. The first kappa shape index (κ1) is 13.5. The van der Waals surface area contributed by atoms with Crippen molar-refractivity contribution in [3.63, 3.8) is 0 Å². The Bertz CT molecular complexity index is 386. The fraction of sp³-hybridized carbons (Fsp3) is 0.500. The molecule has 0 aliphatic heterocycles. The second-order valence-corrected chi connectivity index (χ2v) is 4.23. The Balaban J connectivity index is 2.63. The molecule has 0 unspecified atom stereocenters. The van der Waals surface area contributed by atoms with E-state index in [-0.39, 0.29) is 17.2 Å². The van der Waals surface area contributed by atoms with Gasteiger partial charge in [-0.1, -0.05) is 13.8 Å². The van der Waals surface area contributed by atoms with Gasteiger partial charge in [-0.3, -0.25) is 0 Å². The third-order valence-electron chi connectivity index (χ3n) is 2.24. The fourth-order valence-corrected chi connectivity index (χ4v) is 1.40. The van der Waals surface area contributed by atoms with Crippen molar-refractivity contribution in [2.75, 3.05) is 11.9 Å². The van der Waals surface area contributed by atoms with Crippen LogP contribution in [-0.2, 0) is 0 Å². The minimum absolute atomic E-state index is 0.0583. The van der Waals surface area contributed by atoms with E-state index in [1.807, 2.05) is 13.8 Å². The molecule has 0 aromatic carbocycles. The Morgan fingerprint density at radius 1 is 1.59 bits per heavy atom. The molecule has 17 heavy (non-hydrogen) atoms. The summed E-state index contributed by atoms with van der Waals surface area (Å²) in [5.41, 5.74) is 0. The van der Waals surface area contributed by atoms with Gasteiger partial charge in [-0.2, -0.15) is 0 Å². The first-order valence-electron chi connectivity index (χ1n) is 5.21. The SMILES string of the molecule is CC(C)[C@@H](CNC(=O)O)Nc1ccnc(Cl)n1. The van der Waals surface area contributed by atoms with Crippen molar-refractivity contribution in [3.8, 4) is 0 Å². The number of halogens is 1. The number of rotatable bonds is 5. The molecule has 1 amide bonds.